The summed E-state index contributed by atoms with van der Waals surface area (Å²) in [6.45, 7) is 0.0277. The summed E-state index contributed by atoms with van der Waals surface area (Å²) in [4.78, 5) is 0. The topological polar surface area (TPSA) is 42.2 Å². The van der Waals surface area contributed by atoms with Crippen LogP contribution in [0.2, 0.25) is 0 Å². The zero-order valence-corrected chi connectivity index (χ0v) is 7.89. The Bertz CT molecular complexity index is 414. The van der Waals surface area contributed by atoms with Crippen molar-refractivity contribution in [3.05, 3.63) is 21.9 Å². The molecular formula is C8H3BrFNO2. The molecular weight excluding hydrogens is 241 g/mol. The van der Waals surface area contributed by atoms with Crippen molar-refractivity contribution in [2.75, 3.05) is 6.79 Å². The SMILES string of the molecule is N#Cc1c(F)c(Br)cc2c1OCO2. The van der Waals surface area contributed by atoms with Crippen molar-refractivity contribution in [1.29, 1.82) is 5.26 Å². The summed E-state index contributed by atoms with van der Waals surface area (Å²) in [5, 5.41) is 8.66. The normalized spacial score (nSPS) is 12.7. The quantitative estimate of drug-likeness (QED) is 0.702. The Labute approximate surface area is 81.8 Å². The number of hydrogen-bond acceptors (Lipinski definition) is 3. The van der Waals surface area contributed by atoms with Crippen molar-refractivity contribution in [1.82, 2.24) is 0 Å². The molecule has 0 bridgehead atoms. The number of ether oxygens (including phenoxy) is 2. The van der Waals surface area contributed by atoms with E-state index >= 15 is 0 Å². The van der Waals surface area contributed by atoms with Gasteiger partial charge in [0.05, 0.1) is 4.47 Å². The van der Waals surface area contributed by atoms with E-state index < -0.39 is 5.82 Å². The molecule has 13 heavy (non-hydrogen) atoms. The lowest BCUT2D eigenvalue weighted by atomic mass is 10.2. The zero-order valence-electron chi connectivity index (χ0n) is 6.30. The number of benzene rings is 1. The molecule has 1 heterocycles. The predicted octanol–water partition coefficient (Wildman–Crippen LogP) is 2.19. The second kappa shape index (κ2) is 2.89. The van der Waals surface area contributed by atoms with Crippen molar-refractivity contribution in [3.8, 4) is 17.6 Å². The first-order chi connectivity index (χ1) is 6.24. The van der Waals surface area contributed by atoms with Crippen LogP contribution in [0.5, 0.6) is 11.5 Å². The van der Waals surface area contributed by atoms with Crippen LogP contribution < -0.4 is 9.47 Å². The molecule has 1 aromatic rings. The minimum atomic E-state index is -0.619. The predicted molar refractivity (Wildman–Crippen MR) is 44.9 cm³/mol. The Hall–Kier alpha value is -1.28. The standard InChI is InChI=1S/C8H3BrFNO2/c9-5-1-6-8(13-3-12-6)4(2-11)7(5)10/h1H,3H2. The van der Waals surface area contributed by atoms with Crippen LogP contribution in [-0.2, 0) is 0 Å². The molecule has 0 fully saturated rings. The molecule has 0 atom stereocenters. The first kappa shape index (κ1) is 8.32. The lowest BCUT2D eigenvalue weighted by Gasteiger charge is -2.01. The highest BCUT2D eigenvalue weighted by atomic mass is 79.9. The van der Waals surface area contributed by atoms with E-state index in [-0.39, 0.29) is 22.6 Å². The molecule has 0 unspecified atom stereocenters. The van der Waals surface area contributed by atoms with Gasteiger partial charge in [0.15, 0.2) is 17.3 Å². The van der Waals surface area contributed by atoms with Crippen LogP contribution >= 0.6 is 15.9 Å². The average molecular weight is 244 g/mol. The average Bonchev–Trinajstić information content (AvgIpc) is 2.54. The maximum atomic E-state index is 13.3. The Morgan fingerprint density at radius 3 is 3.00 bits per heavy atom. The first-order valence-corrected chi connectivity index (χ1v) is 4.21. The van der Waals surface area contributed by atoms with Gasteiger partial charge in [-0.05, 0) is 15.9 Å². The van der Waals surface area contributed by atoms with Crippen LogP contribution in [0.1, 0.15) is 5.56 Å². The molecule has 2 rings (SSSR count). The fourth-order valence-electron chi connectivity index (χ4n) is 1.09. The smallest absolute Gasteiger partial charge is 0.231 e. The van der Waals surface area contributed by atoms with Gasteiger partial charge >= 0.3 is 0 Å². The third-order valence-electron chi connectivity index (χ3n) is 1.67. The van der Waals surface area contributed by atoms with Crippen molar-refractivity contribution < 1.29 is 13.9 Å². The molecule has 5 heteroatoms. The summed E-state index contributed by atoms with van der Waals surface area (Å²) in [7, 11) is 0. The minimum absolute atomic E-state index is 0.0277. The van der Waals surface area contributed by atoms with E-state index in [0.717, 1.165) is 0 Å². The number of fused-ring (bicyclic) bond motifs is 1. The van der Waals surface area contributed by atoms with Gasteiger partial charge in [-0.1, -0.05) is 0 Å². The van der Waals surface area contributed by atoms with E-state index in [0.29, 0.717) is 5.75 Å². The Morgan fingerprint density at radius 2 is 2.31 bits per heavy atom. The highest BCUT2D eigenvalue weighted by Gasteiger charge is 2.23. The molecule has 0 saturated heterocycles. The van der Waals surface area contributed by atoms with Crippen LogP contribution in [0.3, 0.4) is 0 Å². The second-order valence-corrected chi connectivity index (χ2v) is 3.25. The third kappa shape index (κ3) is 1.14. The van der Waals surface area contributed by atoms with E-state index in [2.05, 4.69) is 15.9 Å². The minimum Gasteiger partial charge on any atom is -0.453 e. The summed E-state index contributed by atoms with van der Waals surface area (Å²) in [6, 6.07) is 3.17. The molecule has 1 aromatic carbocycles. The lowest BCUT2D eigenvalue weighted by Crippen LogP contribution is -1.94. The van der Waals surface area contributed by atoms with Crippen molar-refractivity contribution in [3.63, 3.8) is 0 Å². The number of halogens is 2. The number of rotatable bonds is 0. The molecule has 1 aliphatic rings. The molecule has 0 N–H and O–H groups in total. The maximum Gasteiger partial charge on any atom is 0.231 e. The fourth-order valence-corrected chi connectivity index (χ4v) is 1.49. The van der Waals surface area contributed by atoms with Crippen LogP contribution in [0, 0.1) is 17.1 Å². The number of nitrogens with zero attached hydrogens (tertiary/aromatic N) is 1. The summed E-state index contributed by atoms with van der Waals surface area (Å²) in [6.07, 6.45) is 0. The van der Waals surface area contributed by atoms with Crippen LogP contribution in [-0.4, -0.2) is 6.79 Å². The Balaban J connectivity index is 2.73. The van der Waals surface area contributed by atoms with Crippen molar-refractivity contribution in [2.45, 2.75) is 0 Å². The van der Waals surface area contributed by atoms with Crippen LogP contribution in [0.25, 0.3) is 0 Å². The molecule has 1 aliphatic heterocycles. The van der Waals surface area contributed by atoms with Crippen molar-refractivity contribution in [2.24, 2.45) is 0 Å². The molecule has 0 aliphatic carbocycles. The van der Waals surface area contributed by atoms with Crippen LogP contribution in [0.15, 0.2) is 10.5 Å². The summed E-state index contributed by atoms with van der Waals surface area (Å²) >= 11 is 2.98. The summed E-state index contributed by atoms with van der Waals surface area (Å²) in [5.41, 5.74) is -0.123. The molecule has 0 saturated carbocycles. The van der Waals surface area contributed by atoms with E-state index in [1.807, 2.05) is 0 Å². The summed E-state index contributed by atoms with van der Waals surface area (Å²) in [5.74, 6) is -0.0419. The Kier molecular flexibility index (Phi) is 1.85. The van der Waals surface area contributed by atoms with Gasteiger partial charge in [0.2, 0.25) is 6.79 Å². The highest BCUT2D eigenvalue weighted by Crippen LogP contribution is 2.39. The van der Waals surface area contributed by atoms with Crippen molar-refractivity contribution >= 4 is 15.9 Å². The number of nitriles is 1. The van der Waals surface area contributed by atoms with Crippen LogP contribution in [0.4, 0.5) is 4.39 Å². The van der Waals surface area contributed by atoms with E-state index in [1.165, 1.54) is 6.07 Å². The molecule has 3 nitrogen and oxygen atoms in total. The van der Waals surface area contributed by atoms with Gasteiger partial charge in [0, 0.05) is 6.07 Å². The van der Waals surface area contributed by atoms with Gasteiger partial charge in [-0.15, -0.1) is 0 Å². The number of hydrogen-bond donors (Lipinski definition) is 0. The van der Waals surface area contributed by atoms with Gasteiger partial charge in [-0.25, -0.2) is 4.39 Å². The lowest BCUT2D eigenvalue weighted by molar-refractivity contribution is 0.173. The highest BCUT2D eigenvalue weighted by molar-refractivity contribution is 9.10. The Morgan fingerprint density at radius 1 is 1.54 bits per heavy atom. The zero-order chi connectivity index (χ0) is 9.42. The van der Waals surface area contributed by atoms with Gasteiger partial charge in [-0.2, -0.15) is 5.26 Å². The molecule has 0 radical (unpaired) electrons. The molecule has 0 amide bonds. The molecule has 0 aromatic heterocycles. The largest absolute Gasteiger partial charge is 0.453 e. The van der Waals surface area contributed by atoms with Gasteiger partial charge in [0.1, 0.15) is 11.6 Å². The fraction of sp³-hybridized carbons (Fsp3) is 0.125. The van der Waals surface area contributed by atoms with Gasteiger partial charge in [0.25, 0.3) is 0 Å². The first-order valence-electron chi connectivity index (χ1n) is 3.41. The molecule has 66 valence electrons. The van der Waals surface area contributed by atoms with Gasteiger partial charge < -0.3 is 9.47 Å². The third-order valence-corrected chi connectivity index (χ3v) is 2.24. The van der Waals surface area contributed by atoms with Gasteiger partial charge in [-0.3, -0.25) is 0 Å². The van der Waals surface area contributed by atoms with E-state index in [4.69, 9.17) is 14.7 Å². The van der Waals surface area contributed by atoms with E-state index in [1.54, 1.807) is 6.07 Å². The second-order valence-electron chi connectivity index (χ2n) is 2.39. The maximum absolute atomic E-state index is 13.3. The monoisotopic (exact) mass is 243 g/mol. The molecule has 0 spiro atoms. The van der Waals surface area contributed by atoms with E-state index in [9.17, 15) is 4.39 Å². The summed E-state index contributed by atoms with van der Waals surface area (Å²) < 4.78 is 23.4.